The van der Waals surface area contributed by atoms with Gasteiger partial charge in [-0.25, -0.2) is 13.5 Å². The summed E-state index contributed by atoms with van der Waals surface area (Å²) in [4.78, 5) is 0. The average molecular weight is 250 g/mol. The number of halogens is 2. The number of hydrogen-bond donors (Lipinski definition) is 1. The number of aromatic nitrogens is 3. The molecule has 0 spiro atoms. The Kier molecular flexibility index (Phi) is 2.79. The van der Waals surface area contributed by atoms with Gasteiger partial charge in [-0.1, -0.05) is 5.21 Å². The van der Waals surface area contributed by atoms with Crippen molar-refractivity contribution in [3.63, 3.8) is 0 Å². The summed E-state index contributed by atoms with van der Waals surface area (Å²) < 4.78 is 27.9. The molecule has 3 rings (SSSR count). The number of nitrogens with zero attached hydrogens (tertiary/aromatic N) is 3. The van der Waals surface area contributed by atoms with E-state index >= 15 is 0 Å². The second-order valence-electron chi connectivity index (χ2n) is 4.39. The third-order valence-electron chi connectivity index (χ3n) is 2.91. The predicted molar refractivity (Wildman–Crippen MR) is 61.1 cm³/mol. The minimum Gasteiger partial charge on any atom is -0.308 e. The van der Waals surface area contributed by atoms with E-state index in [4.69, 9.17) is 0 Å². The van der Waals surface area contributed by atoms with Gasteiger partial charge in [0.1, 0.15) is 11.5 Å². The Morgan fingerprint density at radius 3 is 2.89 bits per heavy atom. The monoisotopic (exact) mass is 250 g/mol. The van der Waals surface area contributed by atoms with Gasteiger partial charge in [0, 0.05) is 18.7 Å². The molecule has 94 valence electrons. The normalized spacial score (nSPS) is 15.0. The highest BCUT2D eigenvalue weighted by Crippen LogP contribution is 2.20. The van der Waals surface area contributed by atoms with E-state index in [1.54, 1.807) is 6.20 Å². The Labute approximate surface area is 103 Å². The highest BCUT2D eigenvalue weighted by Gasteiger charge is 2.21. The lowest BCUT2D eigenvalue weighted by molar-refractivity contribution is 0.565. The first-order chi connectivity index (χ1) is 8.74. The van der Waals surface area contributed by atoms with E-state index in [2.05, 4.69) is 15.6 Å². The summed E-state index contributed by atoms with van der Waals surface area (Å²) in [5.41, 5.74) is 0.967. The highest BCUT2D eigenvalue weighted by atomic mass is 19.1. The summed E-state index contributed by atoms with van der Waals surface area (Å²) >= 11 is 0. The van der Waals surface area contributed by atoms with Gasteiger partial charge in [-0.3, -0.25) is 0 Å². The maximum atomic E-state index is 13.7. The zero-order valence-corrected chi connectivity index (χ0v) is 9.61. The van der Waals surface area contributed by atoms with Crippen molar-refractivity contribution in [2.75, 3.05) is 0 Å². The van der Waals surface area contributed by atoms with Crippen molar-refractivity contribution >= 4 is 0 Å². The molecule has 1 aromatic carbocycles. The van der Waals surface area contributed by atoms with Crippen LogP contribution in [0.25, 0.3) is 5.69 Å². The molecule has 1 fully saturated rings. The molecule has 2 aromatic rings. The highest BCUT2D eigenvalue weighted by molar-refractivity contribution is 5.34. The van der Waals surface area contributed by atoms with Gasteiger partial charge in [0.25, 0.3) is 0 Å². The molecule has 0 amide bonds. The Morgan fingerprint density at radius 1 is 1.33 bits per heavy atom. The van der Waals surface area contributed by atoms with Crippen molar-refractivity contribution in [3.05, 3.63) is 41.7 Å². The minimum atomic E-state index is -0.645. The van der Waals surface area contributed by atoms with Gasteiger partial charge < -0.3 is 5.32 Å². The van der Waals surface area contributed by atoms with Crippen LogP contribution in [0.5, 0.6) is 0 Å². The van der Waals surface area contributed by atoms with Crippen molar-refractivity contribution in [1.82, 2.24) is 20.3 Å². The molecule has 6 heteroatoms. The maximum absolute atomic E-state index is 13.7. The van der Waals surface area contributed by atoms with Crippen LogP contribution in [0.15, 0.2) is 24.4 Å². The van der Waals surface area contributed by atoms with Crippen LogP contribution in [0.3, 0.4) is 0 Å². The molecule has 18 heavy (non-hydrogen) atoms. The third-order valence-corrected chi connectivity index (χ3v) is 2.91. The molecule has 0 unspecified atom stereocenters. The van der Waals surface area contributed by atoms with Gasteiger partial charge in [-0.05, 0) is 25.0 Å². The van der Waals surface area contributed by atoms with Crippen LogP contribution < -0.4 is 5.32 Å². The Hall–Kier alpha value is -1.82. The van der Waals surface area contributed by atoms with Crippen molar-refractivity contribution in [2.24, 2.45) is 0 Å². The molecule has 1 saturated carbocycles. The Balaban J connectivity index is 1.88. The predicted octanol–water partition coefficient (Wildman–Crippen LogP) is 1.80. The molecular weight excluding hydrogens is 238 g/mol. The second-order valence-corrected chi connectivity index (χ2v) is 4.39. The van der Waals surface area contributed by atoms with Crippen molar-refractivity contribution in [2.45, 2.75) is 25.4 Å². The molecule has 4 nitrogen and oxygen atoms in total. The van der Waals surface area contributed by atoms with Gasteiger partial charge in [-0.2, -0.15) is 0 Å². The fraction of sp³-hybridized carbons (Fsp3) is 0.333. The average Bonchev–Trinajstić information content (AvgIpc) is 3.06. The smallest absolute Gasteiger partial charge is 0.151 e. The topological polar surface area (TPSA) is 42.7 Å². The summed E-state index contributed by atoms with van der Waals surface area (Å²) in [5.74, 6) is -1.25. The van der Waals surface area contributed by atoms with E-state index in [0.29, 0.717) is 12.6 Å². The van der Waals surface area contributed by atoms with E-state index in [-0.39, 0.29) is 5.69 Å². The van der Waals surface area contributed by atoms with Crippen LogP contribution in [0.2, 0.25) is 0 Å². The largest absolute Gasteiger partial charge is 0.308 e. The summed E-state index contributed by atoms with van der Waals surface area (Å²) in [7, 11) is 0. The lowest BCUT2D eigenvalue weighted by Gasteiger charge is -2.07. The Bertz CT molecular complexity index is 563. The minimum absolute atomic E-state index is 0.210. The molecule has 0 bridgehead atoms. The molecule has 1 N–H and O–H groups in total. The summed E-state index contributed by atoms with van der Waals surface area (Å²) in [6.07, 6.45) is 3.93. The maximum Gasteiger partial charge on any atom is 0.151 e. The zero-order chi connectivity index (χ0) is 12.5. The second kappa shape index (κ2) is 4.45. The lowest BCUT2D eigenvalue weighted by Crippen LogP contribution is -2.18. The van der Waals surface area contributed by atoms with E-state index in [1.165, 1.54) is 29.7 Å². The molecule has 0 atom stereocenters. The first-order valence-electron chi connectivity index (χ1n) is 5.82. The first kappa shape index (κ1) is 11.3. The number of nitrogens with one attached hydrogen (secondary N) is 1. The molecule has 0 saturated heterocycles. The molecule has 1 aliphatic carbocycles. The molecule has 1 heterocycles. The third kappa shape index (κ3) is 2.24. The van der Waals surface area contributed by atoms with Crippen molar-refractivity contribution in [3.8, 4) is 5.69 Å². The van der Waals surface area contributed by atoms with Gasteiger partial charge >= 0.3 is 0 Å². The van der Waals surface area contributed by atoms with E-state index in [0.717, 1.165) is 11.8 Å². The van der Waals surface area contributed by atoms with Gasteiger partial charge in [0.2, 0.25) is 0 Å². The van der Waals surface area contributed by atoms with Gasteiger partial charge in [0.05, 0.1) is 11.9 Å². The summed E-state index contributed by atoms with van der Waals surface area (Å²) in [5, 5.41) is 10.9. The van der Waals surface area contributed by atoms with Crippen molar-refractivity contribution < 1.29 is 8.78 Å². The first-order valence-corrected chi connectivity index (χ1v) is 5.82. The lowest BCUT2D eigenvalue weighted by atomic mass is 10.3. The number of rotatable bonds is 4. The fourth-order valence-electron chi connectivity index (χ4n) is 1.77. The summed E-state index contributed by atoms with van der Waals surface area (Å²) in [6.45, 7) is 0.578. The van der Waals surface area contributed by atoms with Crippen molar-refractivity contribution in [1.29, 1.82) is 0 Å². The molecule has 1 aliphatic rings. The molecule has 0 aliphatic heterocycles. The van der Waals surface area contributed by atoms with Crippen LogP contribution in [0.4, 0.5) is 8.78 Å². The van der Waals surface area contributed by atoms with Crippen LogP contribution in [0, 0.1) is 11.6 Å². The molecule has 0 radical (unpaired) electrons. The quantitative estimate of drug-likeness (QED) is 0.899. The van der Waals surface area contributed by atoms with Crippen LogP contribution in [-0.4, -0.2) is 21.0 Å². The van der Waals surface area contributed by atoms with E-state index < -0.39 is 11.6 Å². The zero-order valence-electron chi connectivity index (χ0n) is 9.61. The van der Waals surface area contributed by atoms with E-state index in [1.807, 2.05) is 0 Å². The Morgan fingerprint density at radius 2 is 2.17 bits per heavy atom. The van der Waals surface area contributed by atoms with Crippen LogP contribution in [0.1, 0.15) is 18.5 Å². The molecule has 1 aromatic heterocycles. The van der Waals surface area contributed by atoms with Gasteiger partial charge in [-0.15, -0.1) is 5.10 Å². The standard InChI is InChI=1S/C12H12F2N4/c13-8-1-4-12(11(14)5-8)18-10(7-16-17-18)6-15-9-2-3-9/h1,4-5,7,9,15H,2-3,6H2. The fourth-order valence-corrected chi connectivity index (χ4v) is 1.77. The van der Waals surface area contributed by atoms with Crippen LogP contribution in [-0.2, 0) is 6.54 Å². The molecular formula is C12H12F2N4. The van der Waals surface area contributed by atoms with E-state index in [9.17, 15) is 8.78 Å². The summed E-state index contributed by atoms with van der Waals surface area (Å²) in [6, 6.07) is 3.96. The SMILES string of the molecule is Fc1ccc(-n2nncc2CNC2CC2)c(F)c1. The number of hydrogen-bond acceptors (Lipinski definition) is 3. The number of benzene rings is 1. The van der Waals surface area contributed by atoms with Gasteiger partial charge in [0.15, 0.2) is 5.82 Å². The van der Waals surface area contributed by atoms with Crippen LogP contribution >= 0.6 is 0 Å².